The summed E-state index contributed by atoms with van der Waals surface area (Å²) in [5, 5.41) is 8.94. The Kier molecular flexibility index (Phi) is 4.01. The normalized spacial score (nSPS) is 9.95. The Balaban J connectivity index is 2.37. The fourth-order valence-electron chi connectivity index (χ4n) is 1.55. The molecule has 102 valence electrons. The third kappa shape index (κ3) is 2.95. The highest BCUT2D eigenvalue weighted by Gasteiger charge is 2.12. The quantitative estimate of drug-likeness (QED) is 0.863. The van der Waals surface area contributed by atoms with Gasteiger partial charge < -0.3 is 9.80 Å². The van der Waals surface area contributed by atoms with E-state index in [1.807, 2.05) is 33.3 Å². The average Bonchev–Trinajstić information content (AvgIpc) is 2.46. The van der Waals surface area contributed by atoms with Crippen LogP contribution in [0.5, 0.6) is 0 Å². The number of anilines is 3. The number of benzene rings is 1. The second-order valence-corrected chi connectivity index (χ2v) is 4.65. The zero-order chi connectivity index (χ0) is 14.7. The zero-order valence-corrected chi connectivity index (χ0v) is 12.1. The summed E-state index contributed by atoms with van der Waals surface area (Å²) in [5.41, 5.74) is 1.46. The Hall–Kier alpha value is -2.39. The van der Waals surface area contributed by atoms with E-state index < -0.39 is 0 Å². The van der Waals surface area contributed by atoms with Gasteiger partial charge in [0.1, 0.15) is 0 Å². The summed E-state index contributed by atoms with van der Waals surface area (Å²) in [4.78, 5) is 16.0. The molecule has 0 bridgehead atoms. The number of halogens is 1. The highest BCUT2D eigenvalue weighted by atomic mass is 35.5. The molecule has 0 amide bonds. The van der Waals surface area contributed by atoms with Crippen molar-refractivity contribution in [2.45, 2.75) is 0 Å². The number of hydrogen-bond acceptors (Lipinski definition) is 6. The van der Waals surface area contributed by atoms with Crippen molar-refractivity contribution < 1.29 is 0 Å². The highest BCUT2D eigenvalue weighted by Crippen LogP contribution is 2.22. The first kappa shape index (κ1) is 14.0. The van der Waals surface area contributed by atoms with Crippen molar-refractivity contribution in [3.8, 4) is 6.07 Å². The van der Waals surface area contributed by atoms with Gasteiger partial charge >= 0.3 is 0 Å². The van der Waals surface area contributed by atoms with Crippen LogP contribution in [0.3, 0.4) is 0 Å². The third-order valence-electron chi connectivity index (χ3n) is 2.67. The van der Waals surface area contributed by atoms with Gasteiger partial charge in [0.05, 0.1) is 11.6 Å². The summed E-state index contributed by atoms with van der Waals surface area (Å²) in [5.74, 6) is 0.930. The first-order chi connectivity index (χ1) is 9.51. The maximum Gasteiger partial charge on any atom is 0.235 e. The van der Waals surface area contributed by atoms with E-state index in [0.29, 0.717) is 17.5 Å². The van der Waals surface area contributed by atoms with E-state index in [4.69, 9.17) is 16.9 Å². The standard InChI is InChI=1S/C13H13ClN6/c1-19(2)12-16-11(14)17-13(18-12)20(3)10-6-4-9(8-15)5-7-10/h4-7H,1-3H3. The van der Waals surface area contributed by atoms with Crippen LogP contribution in [0.25, 0.3) is 0 Å². The van der Waals surface area contributed by atoms with Crippen molar-refractivity contribution in [2.75, 3.05) is 30.9 Å². The van der Waals surface area contributed by atoms with E-state index in [0.717, 1.165) is 5.69 Å². The second kappa shape index (κ2) is 5.72. The fraction of sp³-hybridized carbons (Fsp3) is 0.231. The van der Waals surface area contributed by atoms with Crippen LogP contribution in [0.4, 0.5) is 17.6 Å². The van der Waals surface area contributed by atoms with Gasteiger partial charge in [-0.05, 0) is 35.9 Å². The summed E-state index contributed by atoms with van der Waals surface area (Å²) < 4.78 is 0. The molecule has 7 heteroatoms. The smallest absolute Gasteiger partial charge is 0.235 e. The molecular weight excluding hydrogens is 276 g/mol. The molecular formula is C13H13ClN6. The summed E-state index contributed by atoms with van der Waals surface area (Å²) in [6.45, 7) is 0. The largest absolute Gasteiger partial charge is 0.347 e. The van der Waals surface area contributed by atoms with E-state index >= 15 is 0 Å². The van der Waals surface area contributed by atoms with Crippen molar-refractivity contribution in [3.63, 3.8) is 0 Å². The number of rotatable bonds is 3. The predicted octanol–water partition coefficient (Wildman–Crippen LogP) is 2.23. The number of aromatic nitrogens is 3. The molecule has 0 atom stereocenters. The van der Waals surface area contributed by atoms with Crippen LogP contribution in [0.15, 0.2) is 24.3 Å². The van der Waals surface area contributed by atoms with E-state index in [9.17, 15) is 0 Å². The molecule has 2 rings (SSSR count). The number of hydrogen-bond donors (Lipinski definition) is 0. The minimum absolute atomic E-state index is 0.138. The van der Waals surface area contributed by atoms with E-state index in [1.165, 1.54) is 0 Å². The lowest BCUT2D eigenvalue weighted by Crippen LogP contribution is -2.18. The SMILES string of the molecule is CN(C)c1nc(Cl)nc(N(C)c2ccc(C#N)cc2)n1. The Bertz CT molecular complexity index is 647. The first-order valence-corrected chi connectivity index (χ1v) is 6.22. The van der Waals surface area contributed by atoms with Crippen LogP contribution in [0, 0.1) is 11.3 Å². The van der Waals surface area contributed by atoms with Gasteiger partial charge in [-0.1, -0.05) is 0 Å². The van der Waals surface area contributed by atoms with Gasteiger partial charge in [0.25, 0.3) is 0 Å². The van der Waals surface area contributed by atoms with Gasteiger partial charge in [0, 0.05) is 26.8 Å². The summed E-state index contributed by atoms with van der Waals surface area (Å²) in [6, 6.07) is 9.20. The Morgan fingerprint density at radius 1 is 1.00 bits per heavy atom. The lowest BCUT2D eigenvalue weighted by molar-refractivity contribution is 0.931. The predicted molar refractivity (Wildman–Crippen MR) is 78.4 cm³/mol. The maximum absolute atomic E-state index is 8.80. The summed E-state index contributed by atoms with van der Waals surface area (Å²) >= 11 is 5.91. The molecule has 0 spiro atoms. The van der Waals surface area contributed by atoms with Gasteiger partial charge in [-0.15, -0.1) is 0 Å². The molecule has 20 heavy (non-hydrogen) atoms. The topological polar surface area (TPSA) is 68.9 Å². The summed E-state index contributed by atoms with van der Waals surface area (Å²) in [6.07, 6.45) is 0. The lowest BCUT2D eigenvalue weighted by atomic mass is 10.2. The highest BCUT2D eigenvalue weighted by molar-refractivity contribution is 6.28. The van der Waals surface area contributed by atoms with Gasteiger partial charge in [0.2, 0.25) is 17.2 Å². The second-order valence-electron chi connectivity index (χ2n) is 4.32. The van der Waals surface area contributed by atoms with Crippen LogP contribution >= 0.6 is 11.6 Å². The van der Waals surface area contributed by atoms with Crippen LogP contribution in [0.2, 0.25) is 5.28 Å². The maximum atomic E-state index is 8.80. The molecule has 0 N–H and O–H groups in total. The molecule has 1 heterocycles. The molecule has 2 aromatic rings. The molecule has 0 radical (unpaired) electrons. The van der Waals surface area contributed by atoms with Crippen LogP contribution < -0.4 is 9.80 Å². The lowest BCUT2D eigenvalue weighted by Gasteiger charge is -2.19. The minimum Gasteiger partial charge on any atom is -0.347 e. The van der Waals surface area contributed by atoms with Gasteiger partial charge in [0.15, 0.2) is 0 Å². The van der Waals surface area contributed by atoms with E-state index in [-0.39, 0.29) is 5.28 Å². The molecule has 0 saturated heterocycles. The van der Waals surface area contributed by atoms with E-state index in [2.05, 4.69) is 21.0 Å². The van der Waals surface area contributed by atoms with Crippen molar-refractivity contribution >= 4 is 29.2 Å². The molecule has 6 nitrogen and oxygen atoms in total. The molecule has 0 aliphatic carbocycles. The van der Waals surface area contributed by atoms with Crippen LogP contribution in [-0.2, 0) is 0 Å². The number of nitrogens with zero attached hydrogens (tertiary/aromatic N) is 6. The Morgan fingerprint density at radius 2 is 1.60 bits per heavy atom. The Morgan fingerprint density at radius 3 is 2.15 bits per heavy atom. The Labute approximate surface area is 122 Å². The first-order valence-electron chi connectivity index (χ1n) is 5.84. The minimum atomic E-state index is 0.138. The van der Waals surface area contributed by atoms with Gasteiger partial charge in [-0.2, -0.15) is 20.2 Å². The van der Waals surface area contributed by atoms with Gasteiger partial charge in [-0.3, -0.25) is 0 Å². The average molecular weight is 289 g/mol. The van der Waals surface area contributed by atoms with Crippen molar-refractivity contribution in [2.24, 2.45) is 0 Å². The fourth-order valence-corrected chi connectivity index (χ4v) is 1.71. The molecule has 1 aromatic carbocycles. The van der Waals surface area contributed by atoms with Crippen molar-refractivity contribution in [1.29, 1.82) is 5.26 Å². The van der Waals surface area contributed by atoms with Crippen LogP contribution in [-0.4, -0.2) is 36.1 Å². The third-order valence-corrected chi connectivity index (χ3v) is 2.84. The van der Waals surface area contributed by atoms with Gasteiger partial charge in [-0.25, -0.2) is 0 Å². The number of nitriles is 1. The van der Waals surface area contributed by atoms with Crippen LogP contribution in [0.1, 0.15) is 5.56 Å². The van der Waals surface area contributed by atoms with Crippen molar-refractivity contribution in [1.82, 2.24) is 15.0 Å². The molecule has 0 aliphatic rings. The zero-order valence-electron chi connectivity index (χ0n) is 11.4. The van der Waals surface area contributed by atoms with E-state index in [1.54, 1.807) is 21.9 Å². The molecule has 1 aromatic heterocycles. The molecule has 0 unspecified atom stereocenters. The molecule has 0 saturated carbocycles. The monoisotopic (exact) mass is 288 g/mol. The summed E-state index contributed by atoms with van der Waals surface area (Å²) in [7, 11) is 5.49. The molecule has 0 aliphatic heterocycles. The van der Waals surface area contributed by atoms with Crippen molar-refractivity contribution in [3.05, 3.63) is 35.1 Å². The molecule has 0 fully saturated rings.